The van der Waals surface area contributed by atoms with E-state index in [1.165, 1.54) is 12.3 Å². The van der Waals surface area contributed by atoms with E-state index in [1.807, 2.05) is 18.7 Å². The molecule has 22 heavy (non-hydrogen) atoms. The first-order chi connectivity index (χ1) is 10.6. The van der Waals surface area contributed by atoms with Gasteiger partial charge in [-0.15, -0.1) is 0 Å². The number of aromatic nitrogens is 1. The predicted molar refractivity (Wildman–Crippen MR) is 82.1 cm³/mol. The number of hydrogen-bond donors (Lipinski definition) is 1. The van der Waals surface area contributed by atoms with Crippen LogP contribution in [0.1, 0.15) is 24.3 Å². The Morgan fingerprint density at radius 2 is 1.82 bits per heavy atom. The second kappa shape index (κ2) is 6.98. The van der Waals surface area contributed by atoms with Crippen molar-refractivity contribution in [2.45, 2.75) is 13.8 Å². The zero-order valence-corrected chi connectivity index (χ0v) is 12.4. The van der Waals surface area contributed by atoms with Crippen LogP contribution >= 0.6 is 0 Å². The fourth-order valence-corrected chi connectivity index (χ4v) is 2.12. The number of carbonyl (C=O) groups is 1. The van der Waals surface area contributed by atoms with E-state index in [0.29, 0.717) is 0 Å². The highest BCUT2D eigenvalue weighted by Gasteiger charge is 2.15. The second-order valence-corrected chi connectivity index (χ2v) is 4.62. The molecule has 4 nitrogen and oxygen atoms in total. The van der Waals surface area contributed by atoms with Gasteiger partial charge in [-0.3, -0.25) is 9.78 Å². The smallest absolute Gasteiger partial charge is 0.274 e. The van der Waals surface area contributed by atoms with Gasteiger partial charge in [-0.2, -0.15) is 0 Å². The van der Waals surface area contributed by atoms with Gasteiger partial charge in [0.1, 0.15) is 23.0 Å². The molecule has 0 saturated carbocycles. The minimum atomic E-state index is -0.826. The van der Waals surface area contributed by atoms with Gasteiger partial charge in [0.15, 0.2) is 0 Å². The highest BCUT2D eigenvalue weighted by Crippen LogP contribution is 2.20. The van der Waals surface area contributed by atoms with Crippen LogP contribution in [0.2, 0.25) is 0 Å². The molecule has 2 rings (SSSR count). The fourth-order valence-electron chi connectivity index (χ4n) is 2.12. The van der Waals surface area contributed by atoms with Crippen molar-refractivity contribution >= 4 is 17.3 Å². The quantitative estimate of drug-likeness (QED) is 0.920. The minimum absolute atomic E-state index is 0.104. The molecule has 0 aliphatic rings. The summed E-state index contributed by atoms with van der Waals surface area (Å²) in [6.07, 6.45) is 1.50. The van der Waals surface area contributed by atoms with Crippen LogP contribution in [0.3, 0.4) is 0 Å². The van der Waals surface area contributed by atoms with E-state index in [-0.39, 0.29) is 5.69 Å². The van der Waals surface area contributed by atoms with Crippen LogP contribution in [-0.4, -0.2) is 24.0 Å². The molecule has 0 spiro atoms. The van der Waals surface area contributed by atoms with Crippen LogP contribution in [0.15, 0.2) is 36.5 Å². The molecule has 1 aromatic heterocycles. The molecule has 0 radical (unpaired) electrons. The lowest BCUT2D eigenvalue weighted by molar-refractivity contribution is 0.102. The highest BCUT2D eigenvalue weighted by atomic mass is 19.1. The summed E-state index contributed by atoms with van der Waals surface area (Å²) in [4.78, 5) is 18.2. The fraction of sp³-hybridized carbons (Fsp3) is 0.250. The van der Waals surface area contributed by atoms with E-state index in [4.69, 9.17) is 0 Å². The van der Waals surface area contributed by atoms with Crippen LogP contribution in [0.25, 0.3) is 0 Å². The Morgan fingerprint density at radius 3 is 2.41 bits per heavy atom. The Kier molecular flexibility index (Phi) is 5.04. The van der Waals surface area contributed by atoms with E-state index in [1.54, 1.807) is 12.1 Å². The van der Waals surface area contributed by atoms with Crippen molar-refractivity contribution in [2.24, 2.45) is 0 Å². The van der Waals surface area contributed by atoms with E-state index < -0.39 is 23.2 Å². The van der Waals surface area contributed by atoms with Crippen molar-refractivity contribution in [2.75, 3.05) is 23.3 Å². The lowest BCUT2D eigenvalue weighted by Gasteiger charge is -2.21. The predicted octanol–water partition coefficient (Wildman–Crippen LogP) is 3.46. The van der Waals surface area contributed by atoms with E-state index in [0.717, 1.165) is 30.9 Å². The number of hydrogen-bond acceptors (Lipinski definition) is 3. The molecular formula is C16H17F2N3O. The Balaban J connectivity index is 2.25. The number of amides is 1. The van der Waals surface area contributed by atoms with Gasteiger partial charge >= 0.3 is 0 Å². The lowest BCUT2D eigenvalue weighted by Crippen LogP contribution is -2.23. The van der Waals surface area contributed by atoms with Gasteiger partial charge in [0.2, 0.25) is 0 Å². The van der Waals surface area contributed by atoms with Crippen molar-refractivity contribution in [1.29, 1.82) is 0 Å². The van der Waals surface area contributed by atoms with Gasteiger partial charge < -0.3 is 10.2 Å². The first-order valence-corrected chi connectivity index (χ1v) is 7.03. The molecule has 116 valence electrons. The number of halogens is 2. The van der Waals surface area contributed by atoms with Crippen LogP contribution < -0.4 is 10.2 Å². The highest BCUT2D eigenvalue weighted by molar-refractivity contribution is 6.03. The summed E-state index contributed by atoms with van der Waals surface area (Å²) in [7, 11) is 0. The third kappa shape index (κ3) is 3.39. The third-order valence-electron chi connectivity index (χ3n) is 3.31. The summed E-state index contributed by atoms with van der Waals surface area (Å²) >= 11 is 0. The van der Waals surface area contributed by atoms with Gasteiger partial charge in [0, 0.05) is 25.0 Å². The maximum Gasteiger partial charge on any atom is 0.274 e. The zero-order valence-electron chi connectivity index (χ0n) is 12.4. The molecule has 0 atom stereocenters. The van der Waals surface area contributed by atoms with E-state index in [9.17, 15) is 13.6 Å². The average Bonchev–Trinajstić information content (AvgIpc) is 2.52. The molecule has 0 fully saturated rings. The molecule has 1 heterocycles. The number of para-hydroxylation sites is 1. The van der Waals surface area contributed by atoms with Crippen molar-refractivity contribution in [3.05, 3.63) is 53.9 Å². The number of benzene rings is 1. The van der Waals surface area contributed by atoms with Crippen LogP contribution in [-0.2, 0) is 0 Å². The third-order valence-corrected chi connectivity index (χ3v) is 3.31. The summed E-state index contributed by atoms with van der Waals surface area (Å²) in [5.74, 6) is -2.31. The Bertz CT molecular complexity index is 652. The second-order valence-electron chi connectivity index (χ2n) is 4.62. The van der Waals surface area contributed by atoms with E-state index in [2.05, 4.69) is 10.3 Å². The summed E-state index contributed by atoms with van der Waals surface area (Å²) in [5, 5.41) is 2.23. The van der Waals surface area contributed by atoms with Crippen LogP contribution in [0.5, 0.6) is 0 Å². The molecule has 0 bridgehead atoms. The SMILES string of the molecule is CCN(CC)c1ccnc(C(=O)Nc2c(F)cccc2F)c1. The molecule has 1 N–H and O–H groups in total. The molecule has 0 aliphatic carbocycles. The first-order valence-electron chi connectivity index (χ1n) is 7.03. The minimum Gasteiger partial charge on any atom is -0.372 e. The average molecular weight is 305 g/mol. The van der Waals surface area contributed by atoms with Gasteiger partial charge in [0.05, 0.1) is 0 Å². The maximum atomic E-state index is 13.6. The number of nitrogens with one attached hydrogen (secondary N) is 1. The van der Waals surface area contributed by atoms with Crippen LogP contribution in [0.4, 0.5) is 20.2 Å². The topological polar surface area (TPSA) is 45.2 Å². The molecule has 6 heteroatoms. The monoisotopic (exact) mass is 305 g/mol. The maximum absolute atomic E-state index is 13.6. The molecule has 1 aromatic carbocycles. The zero-order chi connectivity index (χ0) is 16.1. The summed E-state index contributed by atoms with van der Waals surface area (Å²) in [5.41, 5.74) is 0.466. The van der Waals surface area contributed by atoms with Crippen molar-refractivity contribution < 1.29 is 13.6 Å². The van der Waals surface area contributed by atoms with Gasteiger partial charge in [-0.25, -0.2) is 8.78 Å². The molecule has 2 aromatic rings. The largest absolute Gasteiger partial charge is 0.372 e. The molecule has 0 aliphatic heterocycles. The molecular weight excluding hydrogens is 288 g/mol. The molecule has 0 saturated heterocycles. The Morgan fingerprint density at radius 1 is 1.18 bits per heavy atom. The van der Waals surface area contributed by atoms with Crippen molar-refractivity contribution in [3.63, 3.8) is 0 Å². The summed E-state index contributed by atoms with van der Waals surface area (Å²) < 4.78 is 27.1. The lowest BCUT2D eigenvalue weighted by atomic mass is 10.2. The number of nitrogens with zero attached hydrogens (tertiary/aromatic N) is 2. The summed E-state index contributed by atoms with van der Waals surface area (Å²) in [6, 6.07) is 6.78. The Labute approximate surface area is 127 Å². The Hall–Kier alpha value is -2.50. The van der Waals surface area contributed by atoms with Crippen molar-refractivity contribution in [3.8, 4) is 0 Å². The van der Waals surface area contributed by atoms with E-state index >= 15 is 0 Å². The van der Waals surface area contributed by atoms with Gasteiger partial charge in [-0.05, 0) is 38.1 Å². The molecule has 1 amide bonds. The number of anilines is 2. The molecule has 0 unspecified atom stereocenters. The number of rotatable bonds is 5. The van der Waals surface area contributed by atoms with Crippen LogP contribution in [0, 0.1) is 11.6 Å². The van der Waals surface area contributed by atoms with Gasteiger partial charge in [-0.1, -0.05) is 6.07 Å². The summed E-state index contributed by atoms with van der Waals surface area (Å²) in [6.45, 7) is 5.56. The van der Waals surface area contributed by atoms with Gasteiger partial charge in [0.25, 0.3) is 5.91 Å². The number of pyridine rings is 1. The standard InChI is InChI=1S/C16H17F2N3O/c1-3-21(4-2)11-8-9-19-14(10-11)16(22)20-15-12(17)6-5-7-13(15)18/h5-10H,3-4H2,1-2H3,(H,20,22). The number of carbonyl (C=O) groups excluding carboxylic acids is 1. The van der Waals surface area contributed by atoms with Crippen molar-refractivity contribution in [1.82, 2.24) is 4.98 Å². The first kappa shape index (κ1) is 15.9. The normalized spacial score (nSPS) is 10.4.